The zero-order valence-electron chi connectivity index (χ0n) is 14.5. The van der Waals surface area contributed by atoms with Crippen molar-refractivity contribution < 1.29 is 13.9 Å². The van der Waals surface area contributed by atoms with Crippen LogP contribution < -0.4 is 4.90 Å². The van der Waals surface area contributed by atoms with Gasteiger partial charge in [0, 0.05) is 24.0 Å². The first-order valence-electron chi connectivity index (χ1n) is 8.30. The average molecular weight is 397 g/mol. The minimum absolute atomic E-state index is 0.0217. The molecular weight excluding hydrogens is 378 g/mol. The Morgan fingerprint density at radius 2 is 1.92 bits per heavy atom. The molecule has 1 saturated carbocycles. The summed E-state index contributed by atoms with van der Waals surface area (Å²) in [6.45, 7) is 0. The third-order valence-corrected chi connectivity index (χ3v) is 5.40. The molecule has 3 rings (SSSR count). The van der Waals surface area contributed by atoms with E-state index < -0.39 is 0 Å². The van der Waals surface area contributed by atoms with Crippen LogP contribution in [-0.4, -0.2) is 31.2 Å². The number of esters is 1. The van der Waals surface area contributed by atoms with Crippen molar-refractivity contribution in [2.24, 2.45) is 5.92 Å². The number of benzene rings is 1. The van der Waals surface area contributed by atoms with Crippen molar-refractivity contribution >= 4 is 35.0 Å². The quantitative estimate of drug-likeness (QED) is 0.554. The van der Waals surface area contributed by atoms with E-state index in [4.69, 9.17) is 27.9 Å². The zero-order chi connectivity index (χ0) is 18.8. The standard InChI is InChI=1S/C19H19Cl2FN2O2/c1-24(17-10-12(20)9-16(21)23-17)15-8-7-14(19(25)26-2)18(15)11-3-5-13(22)6-4-11/h3-6,9-10,14-15,18H,7-8H2,1-2H3/t14-,15+,18-/m1/s1. The molecule has 1 heterocycles. The number of hydrogen-bond acceptors (Lipinski definition) is 4. The first-order valence-corrected chi connectivity index (χ1v) is 9.05. The summed E-state index contributed by atoms with van der Waals surface area (Å²) in [6, 6.07) is 9.55. The van der Waals surface area contributed by atoms with Crippen LogP contribution in [0, 0.1) is 11.7 Å². The molecule has 0 radical (unpaired) electrons. The number of hydrogen-bond donors (Lipinski definition) is 0. The van der Waals surface area contributed by atoms with E-state index in [1.54, 1.807) is 24.3 Å². The molecule has 1 fully saturated rings. The van der Waals surface area contributed by atoms with Crippen molar-refractivity contribution in [3.8, 4) is 0 Å². The smallest absolute Gasteiger partial charge is 0.309 e. The summed E-state index contributed by atoms with van der Waals surface area (Å²) in [5.74, 6) is -0.382. The molecule has 1 aliphatic carbocycles. The predicted molar refractivity (Wildman–Crippen MR) is 100 cm³/mol. The summed E-state index contributed by atoms with van der Waals surface area (Å²) in [7, 11) is 3.29. The second-order valence-corrected chi connectivity index (χ2v) is 7.25. The fourth-order valence-corrected chi connectivity index (χ4v) is 4.23. The number of methoxy groups -OCH3 is 1. The highest BCUT2D eigenvalue weighted by Crippen LogP contribution is 2.44. The second-order valence-electron chi connectivity index (χ2n) is 6.43. The molecule has 2 aromatic rings. The van der Waals surface area contributed by atoms with Gasteiger partial charge in [-0.25, -0.2) is 9.37 Å². The Labute approximate surface area is 161 Å². The molecular formula is C19H19Cl2FN2O2. The number of likely N-dealkylation sites (N-methyl/N-ethyl adjacent to an activating group) is 1. The van der Waals surface area contributed by atoms with Gasteiger partial charge in [-0.05, 0) is 42.7 Å². The molecule has 26 heavy (non-hydrogen) atoms. The summed E-state index contributed by atoms with van der Waals surface area (Å²) in [5.41, 5.74) is 0.893. The van der Waals surface area contributed by atoms with E-state index in [-0.39, 0.29) is 29.7 Å². The molecule has 0 bridgehead atoms. The molecule has 0 unspecified atom stereocenters. The zero-order valence-corrected chi connectivity index (χ0v) is 16.0. The average Bonchev–Trinajstić information content (AvgIpc) is 3.05. The number of anilines is 1. The van der Waals surface area contributed by atoms with Crippen molar-refractivity contribution in [1.29, 1.82) is 0 Å². The van der Waals surface area contributed by atoms with Gasteiger partial charge >= 0.3 is 5.97 Å². The SMILES string of the molecule is COC(=O)[C@@H]1CC[C@H](N(C)c2cc(Cl)cc(Cl)n2)[C@@H]1c1ccc(F)cc1. The summed E-state index contributed by atoms with van der Waals surface area (Å²) in [6.07, 6.45) is 1.45. The Balaban J connectivity index is 1.98. The maximum atomic E-state index is 13.4. The van der Waals surface area contributed by atoms with Crippen molar-refractivity contribution in [2.45, 2.75) is 24.8 Å². The number of ether oxygens (including phenoxy) is 1. The van der Waals surface area contributed by atoms with Gasteiger partial charge in [0.25, 0.3) is 0 Å². The van der Waals surface area contributed by atoms with Gasteiger partial charge in [0.1, 0.15) is 16.8 Å². The van der Waals surface area contributed by atoms with E-state index in [0.29, 0.717) is 22.4 Å². The maximum absolute atomic E-state index is 13.4. The van der Waals surface area contributed by atoms with Crippen molar-refractivity contribution in [1.82, 2.24) is 4.98 Å². The first kappa shape index (κ1) is 18.9. The lowest BCUT2D eigenvalue weighted by Gasteiger charge is -2.32. The topological polar surface area (TPSA) is 42.4 Å². The van der Waals surface area contributed by atoms with E-state index in [1.807, 2.05) is 11.9 Å². The summed E-state index contributed by atoms with van der Waals surface area (Å²) >= 11 is 12.1. The van der Waals surface area contributed by atoms with Crippen LogP contribution in [0.5, 0.6) is 0 Å². The van der Waals surface area contributed by atoms with Gasteiger partial charge in [0.2, 0.25) is 0 Å². The Hall–Kier alpha value is -1.85. The van der Waals surface area contributed by atoms with Crippen LogP contribution in [0.2, 0.25) is 10.2 Å². The van der Waals surface area contributed by atoms with Crippen molar-refractivity contribution in [3.63, 3.8) is 0 Å². The fraction of sp³-hybridized carbons (Fsp3) is 0.368. The van der Waals surface area contributed by atoms with Crippen LogP contribution in [0.3, 0.4) is 0 Å². The first-order chi connectivity index (χ1) is 12.4. The maximum Gasteiger partial charge on any atom is 0.309 e. The van der Waals surface area contributed by atoms with Crippen LogP contribution in [0.25, 0.3) is 0 Å². The molecule has 0 spiro atoms. The van der Waals surface area contributed by atoms with Gasteiger partial charge in [-0.3, -0.25) is 4.79 Å². The molecule has 7 heteroatoms. The molecule has 0 N–H and O–H groups in total. The minimum atomic E-state index is -0.311. The van der Waals surface area contributed by atoms with E-state index in [9.17, 15) is 9.18 Å². The second kappa shape index (κ2) is 7.80. The lowest BCUT2D eigenvalue weighted by Crippen LogP contribution is -2.37. The van der Waals surface area contributed by atoms with Crippen LogP contribution in [-0.2, 0) is 9.53 Å². The van der Waals surface area contributed by atoms with E-state index in [0.717, 1.165) is 12.0 Å². The number of halogens is 3. The number of carbonyl (C=O) groups excluding carboxylic acids is 1. The molecule has 3 atom stereocenters. The lowest BCUT2D eigenvalue weighted by molar-refractivity contribution is -0.145. The summed E-state index contributed by atoms with van der Waals surface area (Å²) in [4.78, 5) is 18.6. The predicted octanol–water partition coefficient (Wildman–Crippen LogP) is 4.70. The Morgan fingerprint density at radius 1 is 1.23 bits per heavy atom. The van der Waals surface area contributed by atoms with E-state index in [2.05, 4.69) is 4.98 Å². The van der Waals surface area contributed by atoms with Gasteiger partial charge in [-0.2, -0.15) is 0 Å². The van der Waals surface area contributed by atoms with Crippen LogP contribution in [0.15, 0.2) is 36.4 Å². The number of rotatable bonds is 4. The van der Waals surface area contributed by atoms with Crippen molar-refractivity contribution in [2.75, 3.05) is 19.1 Å². The number of carbonyl (C=O) groups is 1. The highest BCUT2D eigenvalue weighted by molar-refractivity contribution is 6.34. The van der Waals surface area contributed by atoms with Crippen LogP contribution >= 0.6 is 23.2 Å². The van der Waals surface area contributed by atoms with Gasteiger partial charge < -0.3 is 9.64 Å². The minimum Gasteiger partial charge on any atom is -0.469 e. The molecule has 0 saturated heterocycles. The van der Waals surface area contributed by atoms with E-state index in [1.165, 1.54) is 19.2 Å². The van der Waals surface area contributed by atoms with Gasteiger partial charge in [-0.1, -0.05) is 35.3 Å². The highest BCUT2D eigenvalue weighted by atomic mass is 35.5. The number of aromatic nitrogens is 1. The van der Waals surface area contributed by atoms with Crippen molar-refractivity contribution in [3.05, 3.63) is 58.0 Å². The Morgan fingerprint density at radius 3 is 2.54 bits per heavy atom. The fourth-order valence-electron chi connectivity index (χ4n) is 3.77. The number of nitrogens with zero attached hydrogens (tertiary/aromatic N) is 2. The van der Waals surface area contributed by atoms with E-state index >= 15 is 0 Å². The third kappa shape index (κ3) is 3.79. The van der Waals surface area contributed by atoms with Gasteiger partial charge in [-0.15, -0.1) is 0 Å². The Kier molecular flexibility index (Phi) is 5.68. The third-order valence-electron chi connectivity index (χ3n) is 4.98. The number of pyridine rings is 1. The largest absolute Gasteiger partial charge is 0.469 e. The highest BCUT2D eigenvalue weighted by Gasteiger charge is 2.44. The molecule has 0 amide bonds. The monoisotopic (exact) mass is 396 g/mol. The van der Waals surface area contributed by atoms with Gasteiger partial charge in [0.05, 0.1) is 13.0 Å². The molecule has 138 valence electrons. The molecule has 1 aromatic carbocycles. The molecule has 0 aliphatic heterocycles. The Bertz CT molecular complexity index is 780. The summed E-state index contributed by atoms with van der Waals surface area (Å²) < 4.78 is 18.4. The summed E-state index contributed by atoms with van der Waals surface area (Å²) in [5, 5.41) is 0.799. The molecule has 4 nitrogen and oxygen atoms in total. The van der Waals surface area contributed by atoms with Gasteiger partial charge in [0.15, 0.2) is 0 Å². The molecule has 1 aliphatic rings. The van der Waals surface area contributed by atoms with Crippen LogP contribution in [0.1, 0.15) is 24.3 Å². The van der Waals surface area contributed by atoms with Crippen LogP contribution in [0.4, 0.5) is 10.2 Å². The molecule has 1 aromatic heterocycles. The normalized spacial score (nSPS) is 22.3. The lowest BCUT2D eigenvalue weighted by atomic mass is 9.86.